The molecule has 6 N–H and O–H groups in total. The third kappa shape index (κ3) is 9.77. The Morgan fingerprint density at radius 2 is 1.20 bits per heavy atom. The van der Waals surface area contributed by atoms with Crippen LogP contribution in [0.2, 0.25) is 0 Å². The van der Waals surface area contributed by atoms with Gasteiger partial charge in [-0.1, -0.05) is 18.2 Å². The highest BCUT2D eigenvalue weighted by atomic mass is 16.2. The van der Waals surface area contributed by atoms with Crippen LogP contribution in [-0.2, 0) is 22.4 Å². The zero-order chi connectivity index (χ0) is 28.0. The number of amides is 2. The topological polar surface area (TPSA) is 140 Å². The van der Waals surface area contributed by atoms with E-state index in [1.54, 1.807) is 0 Å². The van der Waals surface area contributed by atoms with Gasteiger partial charge in [-0.15, -0.1) is 0 Å². The molecule has 0 radical (unpaired) electrons. The van der Waals surface area contributed by atoms with Crippen molar-refractivity contribution >= 4 is 33.9 Å². The lowest BCUT2D eigenvalue weighted by Crippen LogP contribution is -2.29. The molecule has 0 aliphatic heterocycles. The number of aromatic nitrogens is 4. The number of H-pyrrole nitrogens is 2. The van der Waals surface area contributed by atoms with E-state index in [0.717, 1.165) is 79.2 Å². The van der Waals surface area contributed by atoms with Gasteiger partial charge in [0.25, 0.3) is 0 Å². The van der Waals surface area contributed by atoms with Crippen molar-refractivity contribution in [1.82, 2.24) is 41.2 Å². The number of benzene rings is 2. The SMILES string of the molecule is Cc1ccc2nc(CCC(=O)NCCCNCCCNCCCNC(=O)CCc3nc4ccccc4[nH]3)[nH]c2c1. The molecular formula is C30H42N8O2. The number of hydrogen-bond acceptors (Lipinski definition) is 6. The van der Waals surface area contributed by atoms with Crippen molar-refractivity contribution in [2.24, 2.45) is 0 Å². The number of aryl methyl sites for hydroxylation is 3. The van der Waals surface area contributed by atoms with Crippen molar-refractivity contribution in [3.63, 3.8) is 0 Å². The molecule has 0 fully saturated rings. The minimum atomic E-state index is 0.0575. The van der Waals surface area contributed by atoms with Gasteiger partial charge in [-0.3, -0.25) is 9.59 Å². The van der Waals surface area contributed by atoms with E-state index in [0.29, 0.717) is 38.8 Å². The second kappa shape index (κ2) is 15.7. The van der Waals surface area contributed by atoms with Crippen molar-refractivity contribution in [3.05, 3.63) is 59.7 Å². The zero-order valence-corrected chi connectivity index (χ0v) is 23.4. The van der Waals surface area contributed by atoms with Crippen LogP contribution in [0.4, 0.5) is 0 Å². The van der Waals surface area contributed by atoms with E-state index in [9.17, 15) is 9.59 Å². The van der Waals surface area contributed by atoms with Gasteiger partial charge in [0, 0.05) is 38.8 Å². The molecule has 0 unspecified atom stereocenters. The van der Waals surface area contributed by atoms with E-state index in [1.165, 1.54) is 5.56 Å². The summed E-state index contributed by atoms with van der Waals surface area (Å²) in [5, 5.41) is 12.8. The first kappa shape index (κ1) is 29.2. The predicted octanol–water partition coefficient (Wildman–Crippen LogP) is 2.89. The van der Waals surface area contributed by atoms with Crippen LogP contribution in [0.1, 0.15) is 49.3 Å². The summed E-state index contributed by atoms with van der Waals surface area (Å²) in [6, 6.07) is 14.0. The summed E-state index contributed by atoms with van der Waals surface area (Å²) in [5.74, 6) is 1.82. The molecule has 2 amide bonds. The standard InChI is InChI=1S/C30H42N8O2/c1-22-9-10-25-26(21-22)38-28(37-25)12-14-30(40)34-20-6-18-32-16-4-15-31-17-5-19-33-29(39)13-11-27-35-23-7-2-3-8-24(23)36-27/h2-3,7-10,21,31-32H,4-6,11-20H2,1H3,(H,33,39)(H,34,40)(H,35,36)(H,37,38). The van der Waals surface area contributed by atoms with Crippen LogP contribution < -0.4 is 21.3 Å². The first-order valence-corrected chi connectivity index (χ1v) is 14.4. The summed E-state index contributed by atoms with van der Waals surface area (Å²) in [5.41, 5.74) is 5.09. The molecule has 214 valence electrons. The Morgan fingerprint density at radius 3 is 1.80 bits per heavy atom. The third-order valence-electron chi connectivity index (χ3n) is 6.71. The zero-order valence-electron chi connectivity index (χ0n) is 23.4. The average molecular weight is 547 g/mol. The number of carbonyl (C=O) groups excluding carboxylic acids is 2. The normalized spacial score (nSPS) is 11.3. The van der Waals surface area contributed by atoms with Gasteiger partial charge in [0.2, 0.25) is 11.8 Å². The minimum Gasteiger partial charge on any atom is -0.356 e. The number of rotatable bonds is 18. The predicted molar refractivity (Wildman–Crippen MR) is 159 cm³/mol. The molecule has 0 aliphatic carbocycles. The Kier molecular flexibility index (Phi) is 11.5. The molecule has 0 saturated heterocycles. The number of carbonyl (C=O) groups is 2. The van der Waals surface area contributed by atoms with Gasteiger partial charge in [0.05, 0.1) is 22.1 Å². The summed E-state index contributed by atoms with van der Waals surface area (Å²) in [6.07, 6.45) is 4.93. The van der Waals surface area contributed by atoms with E-state index in [2.05, 4.69) is 54.2 Å². The monoisotopic (exact) mass is 546 g/mol. The van der Waals surface area contributed by atoms with Gasteiger partial charge in [-0.25, -0.2) is 9.97 Å². The van der Waals surface area contributed by atoms with E-state index in [1.807, 2.05) is 36.4 Å². The number of nitrogens with zero attached hydrogens (tertiary/aromatic N) is 2. The van der Waals surface area contributed by atoms with Crippen LogP contribution in [-0.4, -0.2) is 71.0 Å². The van der Waals surface area contributed by atoms with Crippen molar-refractivity contribution in [1.29, 1.82) is 0 Å². The van der Waals surface area contributed by atoms with Crippen molar-refractivity contribution < 1.29 is 9.59 Å². The van der Waals surface area contributed by atoms with E-state index >= 15 is 0 Å². The molecular weight excluding hydrogens is 504 g/mol. The van der Waals surface area contributed by atoms with Gasteiger partial charge in [0.15, 0.2) is 0 Å². The molecule has 4 rings (SSSR count). The largest absolute Gasteiger partial charge is 0.356 e. The van der Waals surface area contributed by atoms with Crippen LogP contribution in [0.25, 0.3) is 22.1 Å². The lowest BCUT2D eigenvalue weighted by molar-refractivity contribution is -0.121. The van der Waals surface area contributed by atoms with Gasteiger partial charge in [0.1, 0.15) is 11.6 Å². The highest BCUT2D eigenvalue weighted by molar-refractivity contribution is 5.78. The lowest BCUT2D eigenvalue weighted by Gasteiger charge is -2.08. The first-order chi connectivity index (χ1) is 19.6. The van der Waals surface area contributed by atoms with Gasteiger partial charge in [-0.05, 0) is 82.2 Å². The van der Waals surface area contributed by atoms with Gasteiger partial charge >= 0.3 is 0 Å². The van der Waals surface area contributed by atoms with Gasteiger partial charge in [-0.2, -0.15) is 0 Å². The first-order valence-electron chi connectivity index (χ1n) is 14.4. The maximum Gasteiger partial charge on any atom is 0.220 e. The number of fused-ring (bicyclic) bond motifs is 2. The maximum absolute atomic E-state index is 12.1. The summed E-state index contributed by atoms with van der Waals surface area (Å²) in [6.45, 7) is 7.03. The summed E-state index contributed by atoms with van der Waals surface area (Å²) in [4.78, 5) is 39.8. The molecule has 2 aromatic carbocycles. The van der Waals surface area contributed by atoms with Crippen LogP contribution in [0.5, 0.6) is 0 Å². The Labute approximate surface area is 235 Å². The molecule has 0 spiro atoms. The Hall–Kier alpha value is -3.76. The quantitative estimate of drug-likeness (QED) is 0.106. The van der Waals surface area contributed by atoms with Crippen LogP contribution >= 0.6 is 0 Å². The minimum absolute atomic E-state index is 0.0575. The van der Waals surface area contributed by atoms with Crippen LogP contribution in [0.3, 0.4) is 0 Å². The summed E-state index contributed by atoms with van der Waals surface area (Å²) >= 11 is 0. The molecule has 4 aromatic rings. The van der Waals surface area contributed by atoms with Crippen molar-refractivity contribution in [2.45, 2.75) is 51.9 Å². The fourth-order valence-corrected chi connectivity index (χ4v) is 4.53. The molecule has 10 nitrogen and oxygen atoms in total. The van der Waals surface area contributed by atoms with Crippen molar-refractivity contribution in [2.75, 3.05) is 39.3 Å². The second-order valence-electron chi connectivity index (χ2n) is 10.2. The van der Waals surface area contributed by atoms with Gasteiger partial charge < -0.3 is 31.2 Å². The molecule has 40 heavy (non-hydrogen) atoms. The van der Waals surface area contributed by atoms with E-state index in [4.69, 9.17) is 0 Å². The molecule has 0 atom stereocenters. The fraction of sp³-hybridized carbons (Fsp3) is 0.467. The number of imidazole rings is 2. The number of hydrogen-bond donors (Lipinski definition) is 6. The maximum atomic E-state index is 12.1. The Balaban J connectivity index is 0.908. The number of aromatic amines is 2. The number of para-hydroxylation sites is 2. The number of nitrogens with one attached hydrogen (secondary N) is 6. The van der Waals surface area contributed by atoms with E-state index < -0.39 is 0 Å². The molecule has 0 aliphatic rings. The molecule has 2 heterocycles. The fourth-order valence-electron chi connectivity index (χ4n) is 4.53. The lowest BCUT2D eigenvalue weighted by atomic mass is 10.2. The molecule has 0 saturated carbocycles. The third-order valence-corrected chi connectivity index (χ3v) is 6.71. The molecule has 10 heteroatoms. The van der Waals surface area contributed by atoms with Crippen LogP contribution in [0.15, 0.2) is 42.5 Å². The molecule has 0 bridgehead atoms. The Morgan fingerprint density at radius 1 is 0.675 bits per heavy atom. The Bertz CT molecular complexity index is 1330. The average Bonchev–Trinajstić information content (AvgIpc) is 3.56. The summed E-state index contributed by atoms with van der Waals surface area (Å²) < 4.78 is 0. The highest BCUT2D eigenvalue weighted by Gasteiger charge is 2.07. The smallest absolute Gasteiger partial charge is 0.220 e. The van der Waals surface area contributed by atoms with Crippen LogP contribution in [0, 0.1) is 6.92 Å². The highest BCUT2D eigenvalue weighted by Crippen LogP contribution is 2.14. The molecule has 2 aromatic heterocycles. The second-order valence-corrected chi connectivity index (χ2v) is 10.2. The van der Waals surface area contributed by atoms with Crippen molar-refractivity contribution in [3.8, 4) is 0 Å². The summed E-state index contributed by atoms with van der Waals surface area (Å²) in [7, 11) is 0. The van der Waals surface area contributed by atoms with E-state index in [-0.39, 0.29) is 11.8 Å².